The average molecular weight is 1770 g/mol. The molecule has 7 amide bonds. The van der Waals surface area contributed by atoms with Crippen molar-refractivity contribution >= 4 is 70.9 Å². The molecule has 2 aromatic heterocycles. The highest BCUT2D eigenvalue weighted by Gasteiger charge is 2.49. The molecule has 8 aromatic rings. The van der Waals surface area contributed by atoms with Crippen molar-refractivity contribution < 1.29 is 89.4 Å². The first-order valence-corrected chi connectivity index (χ1v) is 44.7. The van der Waals surface area contributed by atoms with Crippen molar-refractivity contribution in [2.45, 2.75) is 190 Å². The minimum Gasteiger partial charge on any atom is -0.480 e. The van der Waals surface area contributed by atoms with Crippen LogP contribution in [0.5, 0.6) is 0 Å². The van der Waals surface area contributed by atoms with Gasteiger partial charge < -0.3 is 79.5 Å². The van der Waals surface area contributed by atoms with E-state index < -0.39 is 66.4 Å². The summed E-state index contributed by atoms with van der Waals surface area (Å²) in [6.45, 7) is 11.3. The van der Waals surface area contributed by atoms with E-state index in [0.717, 1.165) is 102 Å². The Kier molecular flexibility index (Phi) is 26.6. The Morgan fingerprint density at radius 3 is 1.19 bits per heavy atom. The van der Waals surface area contributed by atoms with E-state index in [1.807, 2.05) is 104 Å². The lowest BCUT2D eigenvalue weighted by Gasteiger charge is -2.34. The molecule has 28 nitrogen and oxygen atoms in total. The standard InChI is InChI=1S/C48H53F2N7O7.C40H41F2N5O3.C9H15NO5/c1-26(2)41(54-46(60)62-3)44(58)56-17-5-7-39(56)37-24-31-21-28(11-14-36(31)52-37)29-9-12-32-33-13-10-30(23-35(33)48(49,50)34(32)22-29)38-25-51-43(53-38)40-8-6-18-57(40)45(59)42(55-47(61)63-4)27-15-19-64-20-16-27;1-22(2)36(46-39(49)50-3)38(48)47-16-6-9-35(47)33-20-27-17-24(12-15-32(27)44-33)25-10-13-28-29-14-11-26(19-31(29)40(41,42)30(28)18-25)34-21-43-37(45-34)23-7-4-5-8-23;1-14-9(13)10-7(8(11)12)6-2-4-15-5-3-6/h9-14,21-23,25-27,39-42H,5-8,15-20,24H2,1-4H3,(H,51,53)(H,54,60)(H,55,61);10-15,17-19,21-23,35-36H,4-9,16,20H2,1-3H3,(H,43,45)(H,46,49);6-7H,2-5H2,1H3,(H,10,13)(H,11,12)/t39-,40-,41-,42-;35-,36-;7-/m000/s1. The normalized spacial score (nSPS) is 20.2. The van der Waals surface area contributed by atoms with Crippen LogP contribution in [0.15, 0.2) is 132 Å². The second-order valence-corrected chi connectivity index (χ2v) is 35.5. The molecule has 0 unspecified atom stereocenters. The highest BCUT2D eigenvalue weighted by molar-refractivity contribution is 6.03. The largest absolute Gasteiger partial charge is 0.480 e. The van der Waals surface area contributed by atoms with Crippen molar-refractivity contribution in [2.24, 2.45) is 33.7 Å². The lowest BCUT2D eigenvalue weighted by molar-refractivity contribution is -0.142. The van der Waals surface area contributed by atoms with Crippen molar-refractivity contribution in [3.63, 3.8) is 0 Å². The Bertz CT molecular complexity index is 5670. The number of alkyl halides is 4. The molecular formula is C97H109F4N13O15. The van der Waals surface area contributed by atoms with Crippen LogP contribution in [0, 0.1) is 23.7 Å². The molecule has 3 aliphatic carbocycles. The number of aromatic nitrogens is 4. The number of alkyl carbamates (subject to hydrolysis) is 4. The van der Waals surface area contributed by atoms with Gasteiger partial charge in [0, 0.05) is 110 Å². The number of aliphatic carboxylic acids is 1. The van der Waals surface area contributed by atoms with Crippen molar-refractivity contribution in [2.75, 3.05) is 74.5 Å². The third kappa shape index (κ3) is 18.4. The molecule has 9 heterocycles. The second-order valence-electron chi connectivity index (χ2n) is 35.5. The number of halogens is 4. The van der Waals surface area contributed by atoms with Gasteiger partial charge in [0.05, 0.1) is 81.7 Å². The van der Waals surface area contributed by atoms with E-state index in [0.29, 0.717) is 153 Å². The van der Waals surface area contributed by atoms with Crippen LogP contribution in [0.4, 0.5) is 48.1 Å². The molecule has 32 heteroatoms. The SMILES string of the molecule is COC(=O)N[C@H](C(=O)N1CCC[C@H]1C1=Nc2ccc(-c3ccc4c(c3)C(F)(F)c3cc(-c5cnc(C6CCCC6)[nH]5)ccc3-4)cc2C1)C(C)C.COC(=O)N[C@H](C(=O)N1CCC[C@H]1C1=Nc2ccc(-c3ccc4c(c3)C(F)(F)c3cc(-c5cnc([C@@H]6CCCN6C(=O)[C@@H](NC(=O)OC)C6CCOCC6)[nH]5)ccc3-4)cc2C1)C(C)C.COC(=O)N[C@H](C(=O)O)C1CCOCC1. The minimum atomic E-state index is -3.28. The van der Waals surface area contributed by atoms with Crippen LogP contribution in [0.1, 0.15) is 175 Å². The molecular weight excluding hydrogens is 1660 g/mol. The number of benzene rings is 6. The topological polar surface area (TPSA) is 352 Å². The third-order valence-corrected chi connectivity index (χ3v) is 27.1. The fraction of sp³-hybridized carbons (Fsp3) is 0.464. The Morgan fingerprint density at radius 1 is 0.426 bits per heavy atom. The van der Waals surface area contributed by atoms with Gasteiger partial charge in [-0.05, 0) is 205 Å². The molecule has 6 aromatic carbocycles. The van der Waals surface area contributed by atoms with Crippen molar-refractivity contribution in [1.29, 1.82) is 0 Å². The van der Waals surface area contributed by atoms with Crippen LogP contribution in [0.25, 0.3) is 67.0 Å². The molecule has 0 radical (unpaired) electrons. The molecule has 6 fully saturated rings. The van der Waals surface area contributed by atoms with E-state index in [-0.39, 0.29) is 81.8 Å². The van der Waals surface area contributed by atoms with Crippen LogP contribution >= 0.6 is 0 Å². The summed E-state index contributed by atoms with van der Waals surface area (Å²) in [4.78, 5) is 131. The number of methoxy groups -OCH3 is 4. The summed E-state index contributed by atoms with van der Waals surface area (Å²) in [5, 5.41) is 19.4. The highest BCUT2D eigenvalue weighted by Crippen LogP contribution is 2.55. The zero-order valence-electron chi connectivity index (χ0n) is 73.5. The van der Waals surface area contributed by atoms with Crippen molar-refractivity contribution in [3.8, 4) is 67.0 Å². The van der Waals surface area contributed by atoms with Crippen LogP contribution in [-0.4, -0.2) is 210 Å². The molecule has 10 aliphatic rings. The monoisotopic (exact) mass is 1770 g/mol. The maximum absolute atomic E-state index is 16.6. The van der Waals surface area contributed by atoms with Gasteiger partial charge in [-0.15, -0.1) is 0 Å². The van der Waals surface area contributed by atoms with Gasteiger partial charge in [-0.2, -0.15) is 17.6 Å². The summed E-state index contributed by atoms with van der Waals surface area (Å²) in [5.74, 6) is -6.50. The van der Waals surface area contributed by atoms with E-state index in [9.17, 15) is 38.4 Å². The number of aromatic amines is 2. The van der Waals surface area contributed by atoms with Crippen LogP contribution < -0.4 is 21.3 Å². The van der Waals surface area contributed by atoms with Crippen LogP contribution in [0.3, 0.4) is 0 Å². The summed E-state index contributed by atoms with van der Waals surface area (Å²) in [6.07, 6.45) is 13.6. The van der Waals surface area contributed by atoms with Gasteiger partial charge in [0.25, 0.3) is 11.8 Å². The number of carboxylic acid groups (broad SMARTS) is 1. The first-order valence-electron chi connectivity index (χ1n) is 44.7. The zero-order valence-corrected chi connectivity index (χ0v) is 73.5. The number of H-pyrrole nitrogens is 2. The highest BCUT2D eigenvalue weighted by atomic mass is 19.3. The maximum atomic E-state index is 16.6. The molecule has 1 saturated carbocycles. The molecule has 0 bridgehead atoms. The van der Waals surface area contributed by atoms with Crippen molar-refractivity contribution in [3.05, 3.63) is 167 Å². The van der Waals surface area contributed by atoms with E-state index in [4.69, 9.17) is 38.8 Å². The number of ether oxygens (including phenoxy) is 6. The summed E-state index contributed by atoms with van der Waals surface area (Å²) >= 11 is 0. The van der Waals surface area contributed by atoms with Gasteiger partial charge in [-0.25, -0.2) is 33.9 Å². The molecule has 5 saturated heterocycles. The predicted octanol–water partition coefficient (Wildman–Crippen LogP) is 16.4. The van der Waals surface area contributed by atoms with E-state index in [1.54, 1.807) is 53.7 Å². The average Bonchev–Trinajstić information content (AvgIpc) is 1.57. The lowest BCUT2D eigenvalue weighted by Crippen LogP contribution is -2.53. The minimum absolute atomic E-state index is 0.0104. The number of imidazole rings is 2. The molecule has 7 aliphatic heterocycles. The van der Waals surface area contributed by atoms with Gasteiger partial charge in [0.1, 0.15) is 35.8 Å². The Balaban J connectivity index is 0.000000166. The number of fused-ring (bicyclic) bond motifs is 8. The first kappa shape index (κ1) is 90.0. The number of aliphatic imine (C=N–C) groups is 2. The number of amides is 7. The fourth-order valence-electron chi connectivity index (χ4n) is 20.1. The second kappa shape index (κ2) is 38.2. The lowest BCUT2D eigenvalue weighted by atomic mass is 9.90. The van der Waals surface area contributed by atoms with Crippen molar-refractivity contribution in [1.82, 2.24) is 55.9 Å². The van der Waals surface area contributed by atoms with E-state index in [2.05, 4.69) is 45.9 Å². The number of carbonyl (C=O) groups is 8. The molecule has 7 atom stereocenters. The molecule has 680 valence electrons. The number of nitrogens with one attached hydrogen (secondary N) is 6. The summed E-state index contributed by atoms with van der Waals surface area (Å²) in [6, 6.07) is 28.8. The van der Waals surface area contributed by atoms with Gasteiger partial charge in [-0.3, -0.25) is 24.4 Å². The van der Waals surface area contributed by atoms with Gasteiger partial charge in [0.2, 0.25) is 17.7 Å². The van der Waals surface area contributed by atoms with Gasteiger partial charge >= 0.3 is 30.3 Å². The smallest absolute Gasteiger partial charge is 0.407 e. The summed E-state index contributed by atoms with van der Waals surface area (Å²) in [7, 11) is 5.03. The predicted molar refractivity (Wildman–Crippen MR) is 473 cm³/mol. The number of hydrogen-bond donors (Lipinski definition) is 7. The molecule has 129 heavy (non-hydrogen) atoms. The zero-order chi connectivity index (χ0) is 90.9. The maximum Gasteiger partial charge on any atom is 0.407 e. The van der Waals surface area contributed by atoms with E-state index >= 15 is 17.6 Å². The van der Waals surface area contributed by atoms with Gasteiger partial charge in [-0.1, -0.05) is 101 Å². The summed E-state index contributed by atoms with van der Waals surface area (Å²) in [5.41, 5.74) is 12.9. The molecule has 18 rings (SSSR count). The first-order chi connectivity index (χ1) is 62.1. The summed E-state index contributed by atoms with van der Waals surface area (Å²) < 4.78 is 95.0. The quantitative estimate of drug-likeness (QED) is 0.0275. The van der Waals surface area contributed by atoms with Gasteiger partial charge in [0.15, 0.2) is 0 Å². The number of carbonyl (C=O) groups excluding carboxylic acids is 7. The Labute approximate surface area is 744 Å². The molecule has 0 spiro atoms. The van der Waals surface area contributed by atoms with Crippen LogP contribution in [-0.2, 0) is 72.3 Å². The Morgan fingerprint density at radius 2 is 0.775 bits per heavy atom. The van der Waals surface area contributed by atoms with E-state index in [1.165, 1.54) is 47.3 Å². The number of carboxylic acids is 1. The Hall–Kier alpha value is -12.3. The number of nitrogens with zero attached hydrogens (tertiary/aromatic N) is 7. The number of rotatable bonds is 20. The number of likely N-dealkylation sites (tertiary alicyclic amines) is 3. The van der Waals surface area contributed by atoms with Crippen LogP contribution in [0.2, 0.25) is 0 Å². The fourth-order valence-corrected chi connectivity index (χ4v) is 20.1. The molecule has 7 N–H and O–H groups in total. The third-order valence-electron chi connectivity index (χ3n) is 27.1. The number of hydrogen-bond acceptors (Lipinski definition) is 18.